The second-order valence-corrected chi connectivity index (χ2v) is 8.75. The van der Waals surface area contributed by atoms with Crippen LogP contribution in [0.3, 0.4) is 0 Å². The highest BCUT2D eigenvalue weighted by Crippen LogP contribution is 2.03. The van der Waals surface area contributed by atoms with Crippen LogP contribution in [0.4, 0.5) is 0 Å². The quantitative estimate of drug-likeness (QED) is 0.565. The summed E-state index contributed by atoms with van der Waals surface area (Å²) in [6.07, 6.45) is 0. The van der Waals surface area contributed by atoms with E-state index in [1.54, 1.807) is 6.92 Å². The van der Waals surface area contributed by atoms with Gasteiger partial charge in [-0.05, 0) is 6.92 Å². The first-order chi connectivity index (χ1) is 6.68. The summed E-state index contributed by atoms with van der Waals surface area (Å²) in [4.78, 5) is 0. The highest BCUT2D eigenvalue weighted by molar-refractivity contribution is 6.88. The van der Waals surface area contributed by atoms with E-state index in [0.29, 0.717) is 10.8 Å². The highest BCUT2D eigenvalue weighted by Gasteiger charge is 2.14. The van der Waals surface area contributed by atoms with Crippen LogP contribution in [-0.4, -0.2) is 8.07 Å². The third kappa shape index (κ3) is 2.19. The van der Waals surface area contributed by atoms with Crippen molar-refractivity contribution in [2.24, 2.45) is 0 Å². The van der Waals surface area contributed by atoms with Crippen LogP contribution in [0.1, 0.15) is 11.0 Å². The van der Waals surface area contributed by atoms with E-state index >= 15 is 0 Å². The summed E-state index contributed by atoms with van der Waals surface area (Å²) in [5.41, 5.74) is 0.437. The minimum atomic E-state index is -1.82. The van der Waals surface area contributed by atoms with Crippen LogP contribution in [0.15, 0.2) is 24.2 Å². The Bertz CT molecular complexity index is 378. The fourth-order valence-electron chi connectivity index (χ4n) is 0.750. The average Bonchev–Trinajstić information content (AvgIpc) is 2.09. The minimum Gasteiger partial charge on any atom is -0.0656 e. The van der Waals surface area contributed by atoms with Gasteiger partial charge in [-0.3, -0.25) is 0 Å². The molecule has 11 heavy (non-hydrogen) atoms. The Labute approximate surface area is 75.9 Å². The molecule has 1 aromatic carbocycles. The molecule has 0 unspecified atom stereocenters. The number of rotatable bonds is 1. The van der Waals surface area contributed by atoms with E-state index in [0.717, 1.165) is 0 Å². The lowest BCUT2D eigenvalue weighted by Crippen LogP contribution is -2.37. The molecule has 0 spiro atoms. The van der Waals surface area contributed by atoms with Crippen LogP contribution < -0.4 is 5.19 Å². The first-order valence-corrected chi connectivity index (χ1v) is 7.25. The zero-order valence-corrected chi connectivity index (χ0v) is 8.50. The maximum atomic E-state index is 7.87. The zero-order chi connectivity index (χ0) is 12.0. The first-order valence-electron chi connectivity index (χ1n) is 5.75. The molecular formula is C10H16Si. The SMILES string of the molecule is [2H]c1c([2H])c([Si](C)(C)C)c([2H])c([2H])c1C. The minimum absolute atomic E-state index is 0.105. The maximum Gasteiger partial charge on any atom is 0.0775 e. The Morgan fingerprint density at radius 1 is 1.09 bits per heavy atom. The van der Waals surface area contributed by atoms with Crippen molar-refractivity contribution in [3.05, 3.63) is 29.7 Å². The van der Waals surface area contributed by atoms with E-state index in [2.05, 4.69) is 0 Å². The molecular weight excluding hydrogens is 148 g/mol. The molecule has 0 amide bonds. The van der Waals surface area contributed by atoms with E-state index < -0.39 is 8.07 Å². The van der Waals surface area contributed by atoms with E-state index in [1.807, 2.05) is 19.6 Å². The Hall–Kier alpha value is -0.563. The molecule has 1 rings (SSSR count). The van der Waals surface area contributed by atoms with E-state index in [-0.39, 0.29) is 24.2 Å². The molecule has 0 nitrogen and oxygen atoms in total. The summed E-state index contributed by atoms with van der Waals surface area (Å²) in [6, 6.07) is 0.502. The Morgan fingerprint density at radius 2 is 1.55 bits per heavy atom. The van der Waals surface area contributed by atoms with Crippen LogP contribution >= 0.6 is 0 Å². The molecule has 0 bridgehead atoms. The van der Waals surface area contributed by atoms with Crippen molar-refractivity contribution in [1.29, 1.82) is 0 Å². The fourth-order valence-corrected chi connectivity index (χ4v) is 1.62. The van der Waals surface area contributed by atoms with Gasteiger partial charge in [0.2, 0.25) is 0 Å². The lowest BCUT2D eigenvalue weighted by atomic mass is 10.2. The zero-order valence-electron chi connectivity index (χ0n) is 11.5. The van der Waals surface area contributed by atoms with Gasteiger partial charge in [-0.2, -0.15) is 0 Å². The predicted octanol–water partition coefficient (Wildman–Crippen LogP) is 2.54. The summed E-state index contributed by atoms with van der Waals surface area (Å²) >= 11 is 0. The van der Waals surface area contributed by atoms with Gasteiger partial charge in [0.15, 0.2) is 0 Å². The lowest BCUT2D eigenvalue weighted by molar-refractivity contribution is 1.48. The van der Waals surface area contributed by atoms with E-state index in [4.69, 9.17) is 5.48 Å². The normalized spacial score (nSPS) is 16.7. The molecule has 0 radical (unpaired) electrons. The van der Waals surface area contributed by atoms with Gasteiger partial charge in [0.05, 0.1) is 13.6 Å². The number of benzene rings is 1. The van der Waals surface area contributed by atoms with Crippen molar-refractivity contribution >= 4 is 13.3 Å². The van der Waals surface area contributed by atoms with Crippen molar-refractivity contribution < 1.29 is 5.48 Å². The predicted molar refractivity (Wildman–Crippen MR) is 54.2 cm³/mol. The van der Waals surface area contributed by atoms with Crippen LogP contribution in [0.25, 0.3) is 0 Å². The molecule has 0 aliphatic rings. The smallest absolute Gasteiger partial charge is 0.0656 e. The Morgan fingerprint density at radius 3 is 1.91 bits per heavy atom. The summed E-state index contributed by atoms with van der Waals surface area (Å²) in [7, 11) is -1.82. The number of hydrogen-bond donors (Lipinski definition) is 0. The van der Waals surface area contributed by atoms with Crippen molar-refractivity contribution in [2.75, 3.05) is 0 Å². The third-order valence-corrected chi connectivity index (χ3v) is 3.25. The van der Waals surface area contributed by atoms with Gasteiger partial charge in [-0.1, -0.05) is 54.6 Å². The van der Waals surface area contributed by atoms with Crippen LogP contribution in [0.2, 0.25) is 19.6 Å². The second kappa shape index (κ2) is 2.82. The van der Waals surface area contributed by atoms with Crippen LogP contribution in [-0.2, 0) is 0 Å². The maximum absolute atomic E-state index is 7.87. The molecule has 0 aliphatic carbocycles. The second-order valence-electron chi connectivity index (χ2n) is 3.75. The molecule has 0 heterocycles. The monoisotopic (exact) mass is 168 g/mol. The number of hydrogen-bond acceptors (Lipinski definition) is 0. The van der Waals surface area contributed by atoms with E-state index in [9.17, 15) is 0 Å². The summed E-state index contributed by atoms with van der Waals surface area (Å²) in [6.45, 7) is 7.74. The average molecular weight is 168 g/mol. The molecule has 1 aromatic rings. The molecule has 0 saturated carbocycles. The summed E-state index contributed by atoms with van der Waals surface area (Å²) in [5, 5.41) is 0.628. The molecule has 0 aliphatic heterocycles. The summed E-state index contributed by atoms with van der Waals surface area (Å²) in [5.74, 6) is 0. The van der Waals surface area contributed by atoms with Crippen molar-refractivity contribution in [3.63, 3.8) is 0 Å². The molecule has 0 N–H and O–H groups in total. The van der Waals surface area contributed by atoms with Gasteiger partial charge < -0.3 is 0 Å². The highest BCUT2D eigenvalue weighted by atomic mass is 28.3. The van der Waals surface area contributed by atoms with Crippen molar-refractivity contribution in [1.82, 2.24) is 0 Å². The molecule has 0 saturated heterocycles. The Balaban J connectivity index is 3.68. The van der Waals surface area contributed by atoms with Gasteiger partial charge in [0.1, 0.15) is 0 Å². The molecule has 0 fully saturated rings. The van der Waals surface area contributed by atoms with Crippen LogP contribution in [0.5, 0.6) is 0 Å². The lowest BCUT2D eigenvalue weighted by Gasteiger charge is -2.16. The summed E-state index contributed by atoms with van der Waals surface area (Å²) < 4.78 is 31.2. The standard InChI is InChI=1S/C10H16Si/c1-9-5-7-10(8-6-9)11(2,3)4/h5-8H,1-4H3/i5D,6D,7D,8D. The molecule has 0 atom stereocenters. The molecule has 0 aromatic heterocycles. The van der Waals surface area contributed by atoms with Gasteiger partial charge >= 0.3 is 0 Å². The van der Waals surface area contributed by atoms with Gasteiger partial charge in [0, 0.05) is 0 Å². The van der Waals surface area contributed by atoms with E-state index in [1.165, 1.54) is 0 Å². The van der Waals surface area contributed by atoms with Crippen molar-refractivity contribution in [2.45, 2.75) is 26.6 Å². The third-order valence-electron chi connectivity index (χ3n) is 1.50. The topological polar surface area (TPSA) is 0 Å². The Kier molecular flexibility index (Phi) is 1.14. The first kappa shape index (κ1) is 4.46. The van der Waals surface area contributed by atoms with Gasteiger partial charge in [-0.15, -0.1) is 0 Å². The van der Waals surface area contributed by atoms with Gasteiger partial charge in [-0.25, -0.2) is 0 Å². The van der Waals surface area contributed by atoms with Crippen molar-refractivity contribution in [3.8, 4) is 0 Å². The largest absolute Gasteiger partial charge is 0.0775 e. The van der Waals surface area contributed by atoms with Crippen LogP contribution in [0, 0.1) is 6.92 Å². The fraction of sp³-hybridized carbons (Fsp3) is 0.400. The molecule has 60 valence electrons. The molecule has 1 heteroatoms. The van der Waals surface area contributed by atoms with Gasteiger partial charge in [0.25, 0.3) is 0 Å².